The number of nitrogens with one attached hydrogen (secondary N) is 1. The predicted molar refractivity (Wildman–Crippen MR) is 77.2 cm³/mol. The van der Waals surface area contributed by atoms with Crippen molar-refractivity contribution >= 4 is 5.69 Å². The number of fused-ring (bicyclic) bond motifs is 1. The van der Waals surface area contributed by atoms with E-state index in [2.05, 4.69) is 30.4 Å². The zero-order valence-electron chi connectivity index (χ0n) is 11.1. The fourth-order valence-corrected chi connectivity index (χ4v) is 2.76. The Morgan fingerprint density at radius 3 is 2.74 bits per heavy atom. The topological polar surface area (TPSA) is 12.0 Å². The summed E-state index contributed by atoms with van der Waals surface area (Å²) >= 11 is 0. The van der Waals surface area contributed by atoms with Crippen LogP contribution in [-0.4, -0.2) is 6.54 Å². The molecule has 2 aromatic rings. The molecule has 0 saturated carbocycles. The van der Waals surface area contributed by atoms with E-state index in [9.17, 15) is 4.39 Å². The average Bonchev–Trinajstić information content (AvgIpc) is 2.41. The molecule has 3 rings (SSSR count). The van der Waals surface area contributed by atoms with Gasteiger partial charge in [-0.2, -0.15) is 0 Å². The Morgan fingerprint density at radius 2 is 1.95 bits per heavy atom. The van der Waals surface area contributed by atoms with E-state index in [1.54, 1.807) is 6.07 Å². The summed E-state index contributed by atoms with van der Waals surface area (Å²) in [5.74, 6) is 0.316. The Hall–Kier alpha value is -1.83. The standard InChI is InChI=1S/C17H18FN/c1-12-7-8-19-17-15(12)10-14(11-16(17)18)9-13-5-3-2-4-6-13/h2-6,10-12,19H,7-9H2,1H3. The second kappa shape index (κ2) is 5.04. The van der Waals surface area contributed by atoms with Gasteiger partial charge in [-0.3, -0.25) is 0 Å². The summed E-state index contributed by atoms with van der Waals surface area (Å²) in [6, 6.07) is 14.0. The second-order valence-electron chi connectivity index (χ2n) is 5.32. The fraction of sp³-hybridized carbons (Fsp3) is 0.294. The lowest BCUT2D eigenvalue weighted by Gasteiger charge is -2.25. The zero-order valence-corrected chi connectivity index (χ0v) is 11.1. The van der Waals surface area contributed by atoms with E-state index in [1.165, 1.54) is 5.56 Å². The van der Waals surface area contributed by atoms with Gasteiger partial charge in [0.15, 0.2) is 0 Å². The predicted octanol–water partition coefficient (Wildman–Crippen LogP) is 4.34. The first-order valence-electron chi connectivity index (χ1n) is 6.84. The van der Waals surface area contributed by atoms with E-state index in [-0.39, 0.29) is 5.82 Å². The van der Waals surface area contributed by atoms with Crippen molar-refractivity contribution in [3.05, 3.63) is 65.0 Å². The molecule has 0 spiro atoms. The molecule has 1 nitrogen and oxygen atoms in total. The van der Waals surface area contributed by atoms with E-state index in [4.69, 9.17) is 0 Å². The zero-order chi connectivity index (χ0) is 13.2. The highest BCUT2D eigenvalue weighted by Crippen LogP contribution is 2.34. The van der Waals surface area contributed by atoms with Gasteiger partial charge in [0, 0.05) is 6.54 Å². The first kappa shape index (κ1) is 12.2. The number of benzene rings is 2. The van der Waals surface area contributed by atoms with Crippen molar-refractivity contribution in [2.75, 3.05) is 11.9 Å². The Labute approximate surface area is 113 Å². The van der Waals surface area contributed by atoms with E-state index in [0.29, 0.717) is 11.6 Å². The summed E-state index contributed by atoms with van der Waals surface area (Å²) in [4.78, 5) is 0. The largest absolute Gasteiger partial charge is 0.382 e. The smallest absolute Gasteiger partial charge is 0.146 e. The Bertz CT molecular complexity index is 577. The van der Waals surface area contributed by atoms with Crippen molar-refractivity contribution < 1.29 is 4.39 Å². The molecule has 1 aliphatic heterocycles. The quantitative estimate of drug-likeness (QED) is 0.842. The highest BCUT2D eigenvalue weighted by molar-refractivity contribution is 5.57. The van der Waals surface area contributed by atoms with Crippen LogP contribution in [0.15, 0.2) is 42.5 Å². The van der Waals surface area contributed by atoms with Gasteiger partial charge in [0.05, 0.1) is 5.69 Å². The van der Waals surface area contributed by atoms with Gasteiger partial charge in [-0.25, -0.2) is 4.39 Å². The van der Waals surface area contributed by atoms with Crippen molar-refractivity contribution in [3.63, 3.8) is 0 Å². The van der Waals surface area contributed by atoms with E-state index >= 15 is 0 Å². The van der Waals surface area contributed by atoms with Crippen LogP contribution >= 0.6 is 0 Å². The molecule has 1 heterocycles. The molecule has 1 aliphatic rings. The molecule has 0 saturated heterocycles. The number of rotatable bonds is 2. The third kappa shape index (κ3) is 2.48. The maximum absolute atomic E-state index is 14.1. The molecular formula is C17H18FN. The molecule has 98 valence electrons. The summed E-state index contributed by atoms with van der Waals surface area (Å²) in [6.07, 6.45) is 1.86. The van der Waals surface area contributed by atoms with Crippen molar-refractivity contribution in [3.8, 4) is 0 Å². The minimum absolute atomic E-state index is 0.116. The normalized spacial score (nSPS) is 17.7. The van der Waals surface area contributed by atoms with E-state index in [1.807, 2.05) is 18.2 Å². The van der Waals surface area contributed by atoms with Crippen LogP contribution in [0.2, 0.25) is 0 Å². The number of hydrogen-bond donors (Lipinski definition) is 1. The lowest BCUT2D eigenvalue weighted by atomic mass is 9.90. The molecule has 0 amide bonds. The van der Waals surface area contributed by atoms with Crippen molar-refractivity contribution in [1.29, 1.82) is 0 Å². The van der Waals surface area contributed by atoms with Crippen LogP contribution in [0, 0.1) is 5.82 Å². The molecule has 19 heavy (non-hydrogen) atoms. The highest BCUT2D eigenvalue weighted by Gasteiger charge is 2.20. The Balaban J connectivity index is 1.95. The van der Waals surface area contributed by atoms with Gasteiger partial charge >= 0.3 is 0 Å². The molecular weight excluding hydrogens is 237 g/mol. The van der Waals surface area contributed by atoms with Crippen molar-refractivity contribution in [2.24, 2.45) is 0 Å². The third-order valence-electron chi connectivity index (χ3n) is 3.84. The van der Waals surface area contributed by atoms with Gasteiger partial charge in [-0.1, -0.05) is 43.3 Å². The van der Waals surface area contributed by atoms with Gasteiger partial charge in [-0.15, -0.1) is 0 Å². The summed E-state index contributed by atoms with van der Waals surface area (Å²) < 4.78 is 14.1. The lowest BCUT2D eigenvalue weighted by Crippen LogP contribution is -2.16. The summed E-state index contributed by atoms with van der Waals surface area (Å²) in [7, 11) is 0. The van der Waals surface area contributed by atoms with Gasteiger partial charge in [0.2, 0.25) is 0 Å². The van der Waals surface area contributed by atoms with Gasteiger partial charge in [0.25, 0.3) is 0 Å². The van der Waals surface area contributed by atoms with Crippen LogP contribution in [0.25, 0.3) is 0 Å². The SMILES string of the molecule is CC1CCNc2c(F)cc(Cc3ccccc3)cc21. The molecule has 2 aromatic carbocycles. The van der Waals surface area contributed by atoms with E-state index in [0.717, 1.165) is 30.5 Å². The van der Waals surface area contributed by atoms with Crippen molar-refractivity contribution in [2.45, 2.75) is 25.7 Å². The van der Waals surface area contributed by atoms with Crippen LogP contribution in [0.1, 0.15) is 36.0 Å². The molecule has 1 atom stereocenters. The lowest BCUT2D eigenvalue weighted by molar-refractivity contribution is 0.606. The van der Waals surface area contributed by atoms with E-state index < -0.39 is 0 Å². The molecule has 0 fully saturated rings. The summed E-state index contributed by atoms with van der Waals surface area (Å²) in [5, 5.41) is 3.18. The molecule has 1 N–H and O–H groups in total. The first-order chi connectivity index (χ1) is 9.24. The minimum Gasteiger partial charge on any atom is -0.382 e. The number of anilines is 1. The number of hydrogen-bond acceptors (Lipinski definition) is 1. The maximum atomic E-state index is 14.1. The molecule has 0 bridgehead atoms. The van der Waals surface area contributed by atoms with Crippen LogP contribution < -0.4 is 5.32 Å². The third-order valence-corrected chi connectivity index (χ3v) is 3.84. The van der Waals surface area contributed by atoms with Crippen LogP contribution in [0.5, 0.6) is 0 Å². The first-order valence-corrected chi connectivity index (χ1v) is 6.84. The van der Waals surface area contributed by atoms with Crippen molar-refractivity contribution in [1.82, 2.24) is 0 Å². The van der Waals surface area contributed by atoms with Gasteiger partial charge in [0.1, 0.15) is 5.82 Å². The summed E-state index contributed by atoms with van der Waals surface area (Å²) in [5.41, 5.74) is 4.10. The van der Waals surface area contributed by atoms with Gasteiger partial charge in [-0.05, 0) is 41.5 Å². The fourth-order valence-electron chi connectivity index (χ4n) is 2.76. The average molecular weight is 255 g/mol. The Morgan fingerprint density at radius 1 is 1.16 bits per heavy atom. The minimum atomic E-state index is -0.116. The molecule has 0 aliphatic carbocycles. The molecule has 0 aromatic heterocycles. The monoisotopic (exact) mass is 255 g/mol. The highest BCUT2D eigenvalue weighted by atomic mass is 19.1. The van der Waals surface area contributed by atoms with Crippen LogP contribution in [-0.2, 0) is 6.42 Å². The molecule has 0 radical (unpaired) electrons. The maximum Gasteiger partial charge on any atom is 0.146 e. The second-order valence-corrected chi connectivity index (χ2v) is 5.32. The van der Waals surface area contributed by atoms with Crippen LogP contribution in [0.4, 0.5) is 10.1 Å². The van der Waals surface area contributed by atoms with Gasteiger partial charge < -0.3 is 5.32 Å². The molecule has 1 unspecified atom stereocenters. The Kier molecular flexibility index (Phi) is 3.24. The number of halogens is 1. The van der Waals surface area contributed by atoms with Crippen LogP contribution in [0.3, 0.4) is 0 Å². The molecule has 2 heteroatoms. The summed E-state index contributed by atoms with van der Waals surface area (Å²) in [6.45, 7) is 3.04.